The first-order valence-corrected chi connectivity index (χ1v) is 5.61. The van der Waals surface area contributed by atoms with Gasteiger partial charge in [-0.3, -0.25) is 9.69 Å². The molecule has 0 N–H and O–H groups in total. The number of esters is 1. The summed E-state index contributed by atoms with van der Waals surface area (Å²) in [5, 5.41) is 0. The van der Waals surface area contributed by atoms with Gasteiger partial charge in [0.2, 0.25) is 0 Å². The summed E-state index contributed by atoms with van der Waals surface area (Å²) in [6.45, 7) is 14.7. The Bertz CT molecular complexity index is 202. The van der Waals surface area contributed by atoms with Crippen molar-refractivity contribution in [2.75, 3.05) is 6.54 Å². The molecule has 0 saturated carbocycles. The molecule has 0 heterocycles. The molecule has 3 heteroatoms. The van der Waals surface area contributed by atoms with Gasteiger partial charge >= 0.3 is 5.97 Å². The van der Waals surface area contributed by atoms with Crippen LogP contribution in [0, 0.1) is 0 Å². The van der Waals surface area contributed by atoms with E-state index in [4.69, 9.17) is 4.74 Å². The molecule has 0 fully saturated rings. The summed E-state index contributed by atoms with van der Waals surface area (Å²) in [6, 6.07) is 0.916. The molecule has 90 valence electrons. The zero-order chi connectivity index (χ0) is 12.2. The lowest BCUT2D eigenvalue weighted by atomic mass is 10.1. The average molecular weight is 215 g/mol. The van der Waals surface area contributed by atoms with Gasteiger partial charge in [0.15, 0.2) is 0 Å². The molecule has 0 aromatic heterocycles. The second-order valence-electron chi connectivity index (χ2n) is 5.21. The number of carbonyl (C=O) groups excluding carboxylic acids is 1. The standard InChI is InChI=1S/C12H25NO2/c1-9(2)13(10(3)4)8-12(6,7)15-11(5)14/h9-10H,8H2,1-7H3. The van der Waals surface area contributed by atoms with Gasteiger partial charge in [0.1, 0.15) is 5.60 Å². The maximum Gasteiger partial charge on any atom is 0.303 e. The van der Waals surface area contributed by atoms with Crippen LogP contribution in [0.4, 0.5) is 0 Å². The quantitative estimate of drug-likeness (QED) is 0.660. The number of carbonyl (C=O) groups is 1. The molecule has 3 nitrogen and oxygen atoms in total. The Morgan fingerprint density at radius 3 is 1.87 bits per heavy atom. The molecule has 0 atom stereocenters. The van der Waals surface area contributed by atoms with Crippen molar-refractivity contribution in [1.82, 2.24) is 4.90 Å². The third-order valence-electron chi connectivity index (χ3n) is 2.31. The first-order chi connectivity index (χ1) is 6.65. The Kier molecular flexibility index (Phi) is 5.29. The van der Waals surface area contributed by atoms with Crippen molar-refractivity contribution in [3.05, 3.63) is 0 Å². The van der Waals surface area contributed by atoms with Crippen molar-refractivity contribution < 1.29 is 9.53 Å². The maximum absolute atomic E-state index is 10.9. The van der Waals surface area contributed by atoms with Gasteiger partial charge in [0, 0.05) is 25.6 Å². The maximum atomic E-state index is 10.9. The number of nitrogens with zero attached hydrogens (tertiary/aromatic N) is 1. The van der Waals surface area contributed by atoms with Gasteiger partial charge in [-0.15, -0.1) is 0 Å². The largest absolute Gasteiger partial charge is 0.458 e. The van der Waals surface area contributed by atoms with Crippen molar-refractivity contribution in [3.8, 4) is 0 Å². The van der Waals surface area contributed by atoms with E-state index in [2.05, 4.69) is 32.6 Å². The van der Waals surface area contributed by atoms with Crippen LogP contribution in [0.25, 0.3) is 0 Å². The summed E-state index contributed by atoms with van der Waals surface area (Å²) in [5.41, 5.74) is -0.416. The molecule has 0 aliphatic rings. The van der Waals surface area contributed by atoms with Gasteiger partial charge in [0.25, 0.3) is 0 Å². The van der Waals surface area contributed by atoms with E-state index < -0.39 is 5.60 Å². The van der Waals surface area contributed by atoms with Crippen LogP contribution in [0.2, 0.25) is 0 Å². The minimum Gasteiger partial charge on any atom is -0.458 e. The predicted octanol–water partition coefficient (Wildman–Crippen LogP) is 2.45. The second-order valence-corrected chi connectivity index (χ2v) is 5.21. The number of rotatable bonds is 5. The van der Waals surface area contributed by atoms with E-state index in [1.165, 1.54) is 6.92 Å². The SMILES string of the molecule is CC(=O)OC(C)(C)CN(C(C)C)C(C)C. The zero-order valence-electron chi connectivity index (χ0n) is 11.1. The van der Waals surface area contributed by atoms with Crippen molar-refractivity contribution in [2.45, 2.75) is 66.2 Å². The van der Waals surface area contributed by atoms with Gasteiger partial charge in [-0.1, -0.05) is 0 Å². The van der Waals surface area contributed by atoms with Crippen molar-refractivity contribution >= 4 is 5.97 Å². The smallest absolute Gasteiger partial charge is 0.303 e. The molecule has 0 aromatic carbocycles. The summed E-state index contributed by atoms with van der Waals surface area (Å²) in [5.74, 6) is -0.215. The van der Waals surface area contributed by atoms with E-state index in [9.17, 15) is 4.79 Å². The summed E-state index contributed by atoms with van der Waals surface area (Å²) in [7, 11) is 0. The van der Waals surface area contributed by atoms with E-state index in [0.29, 0.717) is 12.1 Å². The number of hydrogen-bond acceptors (Lipinski definition) is 3. The van der Waals surface area contributed by atoms with Crippen molar-refractivity contribution in [1.29, 1.82) is 0 Å². The summed E-state index contributed by atoms with van der Waals surface area (Å²) >= 11 is 0. The van der Waals surface area contributed by atoms with Crippen LogP contribution < -0.4 is 0 Å². The highest BCUT2D eigenvalue weighted by molar-refractivity contribution is 5.66. The molecular formula is C12H25NO2. The molecule has 0 amide bonds. The lowest BCUT2D eigenvalue weighted by Gasteiger charge is -2.37. The molecule has 0 aliphatic heterocycles. The molecule has 0 spiro atoms. The third-order valence-corrected chi connectivity index (χ3v) is 2.31. The highest BCUT2D eigenvalue weighted by atomic mass is 16.6. The number of ether oxygens (including phenoxy) is 1. The molecule has 0 aliphatic carbocycles. The molecule has 0 bridgehead atoms. The fraction of sp³-hybridized carbons (Fsp3) is 0.917. The topological polar surface area (TPSA) is 29.5 Å². The van der Waals surface area contributed by atoms with Crippen molar-refractivity contribution in [3.63, 3.8) is 0 Å². The van der Waals surface area contributed by atoms with Crippen LogP contribution >= 0.6 is 0 Å². The normalized spacial score (nSPS) is 12.7. The first-order valence-electron chi connectivity index (χ1n) is 5.61. The first kappa shape index (κ1) is 14.4. The van der Waals surface area contributed by atoms with Crippen LogP contribution in [-0.2, 0) is 9.53 Å². The highest BCUT2D eigenvalue weighted by Crippen LogP contribution is 2.16. The molecule has 0 aromatic rings. The Labute approximate surface area is 93.8 Å². The summed E-state index contributed by atoms with van der Waals surface area (Å²) in [6.07, 6.45) is 0. The third kappa shape index (κ3) is 5.78. The Morgan fingerprint density at radius 1 is 1.20 bits per heavy atom. The second kappa shape index (κ2) is 5.50. The lowest BCUT2D eigenvalue weighted by Crippen LogP contribution is -2.47. The summed E-state index contributed by atoms with van der Waals surface area (Å²) < 4.78 is 5.29. The van der Waals surface area contributed by atoms with E-state index in [1.54, 1.807) is 0 Å². The predicted molar refractivity (Wildman–Crippen MR) is 62.8 cm³/mol. The van der Waals surface area contributed by atoms with Crippen LogP contribution in [0.1, 0.15) is 48.5 Å². The molecular weight excluding hydrogens is 190 g/mol. The van der Waals surface area contributed by atoms with Gasteiger partial charge in [0.05, 0.1) is 0 Å². The Morgan fingerprint density at radius 2 is 1.60 bits per heavy atom. The van der Waals surface area contributed by atoms with Gasteiger partial charge in [-0.05, 0) is 41.5 Å². The fourth-order valence-corrected chi connectivity index (χ4v) is 1.82. The monoisotopic (exact) mass is 215 g/mol. The van der Waals surface area contributed by atoms with Crippen molar-refractivity contribution in [2.24, 2.45) is 0 Å². The number of hydrogen-bond donors (Lipinski definition) is 0. The zero-order valence-corrected chi connectivity index (χ0v) is 11.1. The highest BCUT2D eigenvalue weighted by Gasteiger charge is 2.27. The van der Waals surface area contributed by atoms with Crippen LogP contribution in [0.3, 0.4) is 0 Å². The molecule has 15 heavy (non-hydrogen) atoms. The van der Waals surface area contributed by atoms with Crippen LogP contribution in [-0.4, -0.2) is 35.1 Å². The lowest BCUT2D eigenvalue weighted by molar-refractivity contribution is -0.156. The minimum atomic E-state index is -0.416. The van der Waals surface area contributed by atoms with E-state index in [0.717, 1.165) is 6.54 Å². The van der Waals surface area contributed by atoms with E-state index in [1.807, 2.05) is 13.8 Å². The van der Waals surface area contributed by atoms with Gasteiger partial charge in [-0.2, -0.15) is 0 Å². The molecule has 0 unspecified atom stereocenters. The fourth-order valence-electron chi connectivity index (χ4n) is 1.82. The van der Waals surface area contributed by atoms with Crippen LogP contribution in [0.5, 0.6) is 0 Å². The molecule has 0 saturated heterocycles. The Hall–Kier alpha value is -0.570. The van der Waals surface area contributed by atoms with Crippen LogP contribution in [0.15, 0.2) is 0 Å². The molecule has 0 rings (SSSR count). The summed E-state index contributed by atoms with van der Waals surface area (Å²) in [4.78, 5) is 13.3. The average Bonchev–Trinajstić information content (AvgIpc) is 1.96. The minimum absolute atomic E-state index is 0.215. The molecule has 0 radical (unpaired) electrons. The van der Waals surface area contributed by atoms with Gasteiger partial charge in [-0.25, -0.2) is 0 Å². The van der Waals surface area contributed by atoms with E-state index in [-0.39, 0.29) is 5.97 Å². The van der Waals surface area contributed by atoms with Gasteiger partial charge < -0.3 is 4.74 Å². The van der Waals surface area contributed by atoms with E-state index >= 15 is 0 Å². The Balaban J connectivity index is 4.45.